The van der Waals surface area contributed by atoms with Gasteiger partial charge in [0.1, 0.15) is 18.5 Å². The molecule has 0 amide bonds. The van der Waals surface area contributed by atoms with Crippen molar-refractivity contribution in [2.24, 2.45) is 0 Å². The number of morpholine rings is 1. The van der Waals surface area contributed by atoms with Crippen LogP contribution in [0.2, 0.25) is 0 Å². The Morgan fingerprint density at radius 2 is 2.00 bits per heavy atom. The van der Waals surface area contributed by atoms with Gasteiger partial charge in [-0.05, 0) is 52.0 Å². The summed E-state index contributed by atoms with van der Waals surface area (Å²) in [4.78, 5) is 11.7. The number of rotatable bonds is 5. The summed E-state index contributed by atoms with van der Waals surface area (Å²) in [5.41, 5.74) is -1.18. The van der Waals surface area contributed by atoms with E-state index in [0.717, 1.165) is 4.31 Å². The molecule has 3 atom stereocenters. The van der Waals surface area contributed by atoms with Crippen LogP contribution in [0.3, 0.4) is 0 Å². The van der Waals surface area contributed by atoms with Crippen molar-refractivity contribution in [3.8, 4) is 17.6 Å². The summed E-state index contributed by atoms with van der Waals surface area (Å²) in [6.07, 6.45) is -1.20. The highest BCUT2D eigenvalue weighted by Crippen LogP contribution is 2.33. The van der Waals surface area contributed by atoms with Crippen LogP contribution in [-0.4, -0.2) is 65.9 Å². The van der Waals surface area contributed by atoms with Gasteiger partial charge in [-0.1, -0.05) is 11.8 Å². The molecule has 1 aliphatic heterocycles. The van der Waals surface area contributed by atoms with E-state index in [2.05, 4.69) is 11.8 Å². The smallest absolute Gasteiger partial charge is 0.325 e. The summed E-state index contributed by atoms with van der Waals surface area (Å²) in [6, 6.07) is 4.32. The van der Waals surface area contributed by atoms with Crippen molar-refractivity contribution in [1.82, 2.24) is 4.31 Å². The average molecular weight is 411 g/mol. The van der Waals surface area contributed by atoms with Crippen LogP contribution in [0.4, 0.5) is 0 Å². The third-order valence-corrected chi connectivity index (χ3v) is 6.02. The zero-order valence-corrected chi connectivity index (χ0v) is 17.1. The predicted molar refractivity (Wildman–Crippen MR) is 101 cm³/mol. The maximum atomic E-state index is 13.1. The van der Waals surface area contributed by atoms with E-state index in [0.29, 0.717) is 5.75 Å². The molecule has 154 valence electrons. The maximum Gasteiger partial charge on any atom is 0.325 e. The Hall–Kier alpha value is -2.12. The quantitative estimate of drug-likeness (QED) is 0.697. The van der Waals surface area contributed by atoms with E-state index in [1.54, 1.807) is 20.8 Å². The fraction of sp³-hybridized carbons (Fsp3) is 0.526. The third-order valence-electron chi connectivity index (χ3n) is 4.17. The first kappa shape index (κ1) is 22.2. The standard InChI is InChI=1S/C19H25NO7S/c1-13(21)6-5-11-26-15-7-9-16(10-8-15)28(24,25)20-12-14(2)27-19(3,4)17(20)18(22)23/h7-10,13-14,17,21H,11-12H2,1-4H3,(H,22,23). The van der Waals surface area contributed by atoms with Crippen LogP contribution in [0, 0.1) is 11.8 Å². The number of aliphatic hydroxyl groups excluding tert-OH is 1. The van der Waals surface area contributed by atoms with E-state index in [4.69, 9.17) is 14.6 Å². The van der Waals surface area contributed by atoms with Gasteiger partial charge in [0.15, 0.2) is 6.04 Å². The van der Waals surface area contributed by atoms with Crippen LogP contribution in [0.25, 0.3) is 0 Å². The molecule has 1 aromatic rings. The van der Waals surface area contributed by atoms with E-state index < -0.39 is 39.8 Å². The summed E-state index contributed by atoms with van der Waals surface area (Å²) in [7, 11) is -4.06. The van der Waals surface area contributed by atoms with Crippen molar-refractivity contribution < 1.29 is 32.9 Å². The van der Waals surface area contributed by atoms with E-state index in [1.807, 2.05) is 0 Å². The molecule has 2 rings (SSSR count). The lowest BCUT2D eigenvalue weighted by atomic mass is 9.96. The molecule has 3 unspecified atom stereocenters. The minimum absolute atomic E-state index is 0.0361. The molecule has 0 aliphatic carbocycles. The first-order valence-corrected chi connectivity index (χ1v) is 10.2. The Morgan fingerprint density at radius 3 is 2.54 bits per heavy atom. The molecule has 1 fully saturated rings. The Bertz CT molecular complexity index is 866. The molecule has 0 bridgehead atoms. The highest BCUT2D eigenvalue weighted by molar-refractivity contribution is 7.89. The summed E-state index contributed by atoms with van der Waals surface area (Å²) >= 11 is 0. The minimum Gasteiger partial charge on any atom is -0.481 e. The molecule has 0 aromatic heterocycles. The Labute approximate surface area is 165 Å². The number of ether oxygens (including phenoxy) is 2. The van der Waals surface area contributed by atoms with Crippen LogP contribution in [-0.2, 0) is 19.6 Å². The second-order valence-corrected chi connectivity index (χ2v) is 9.00. The van der Waals surface area contributed by atoms with E-state index in [1.165, 1.54) is 31.2 Å². The summed E-state index contributed by atoms with van der Waals surface area (Å²) in [5, 5.41) is 18.7. The lowest BCUT2D eigenvalue weighted by Gasteiger charge is -2.45. The molecule has 1 aliphatic rings. The molecule has 1 heterocycles. The fourth-order valence-electron chi connectivity index (χ4n) is 3.14. The van der Waals surface area contributed by atoms with Gasteiger partial charge < -0.3 is 19.7 Å². The number of sulfonamides is 1. The number of carbonyl (C=O) groups is 1. The van der Waals surface area contributed by atoms with Crippen LogP contribution in [0.1, 0.15) is 27.7 Å². The molecule has 0 spiro atoms. The van der Waals surface area contributed by atoms with Gasteiger partial charge in [-0.2, -0.15) is 4.31 Å². The van der Waals surface area contributed by atoms with E-state index in [-0.39, 0.29) is 18.0 Å². The monoisotopic (exact) mass is 411 g/mol. The number of nitrogens with zero attached hydrogens (tertiary/aromatic N) is 1. The van der Waals surface area contributed by atoms with Gasteiger partial charge in [0.2, 0.25) is 10.0 Å². The number of aliphatic hydroxyl groups is 1. The van der Waals surface area contributed by atoms with Crippen molar-refractivity contribution in [3.05, 3.63) is 24.3 Å². The first-order valence-electron chi connectivity index (χ1n) is 8.77. The maximum absolute atomic E-state index is 13.1. The van der Waals surface area contributed by atoms with Crippen LogP contribution in [0.15, 0.2) is 29.2 Å². The molecule has 1 aromatic carbocycles. The van der Waals surface area contributed by atoms with E-state index in [9.17, 15) is 18.3 Å². The number of hydrogen-bond donors (Lipinski definition) is 2. The van der Waals surface area contributed by atoms with Gasteiger partial charge in [-0.15, -0.1) is 0 Å². The zero-order valence-electron chi connectivity index (χ0n) is 16.2. The highest BCUT2D eigenvalue weighted by atomic mass is 32.2. The molecule has 28 heavy (non-hydrogen) atoms. The van der Waals surface area contributed by atoms with Crippen LogP contribution < -0.4 is 4.74 Å². The number of carboxylic acid groups (broad SMARTS) is 1. The average Bonchev–Trinajstić information content (AvgIpc) is 2.57. The van der Waals surface area contributed by atoms with Gasteiger partial charge in [-0.25, -0.2) is 8.42 Å². The van der Waals surface area contributed by atoms with Crippen LogP contribution >= 0.6 is 0 Å². The molecular weight excluding hydrogens is 386 g/mol. The minimum atomic E-state index is -4.06. The SMILES string of the molecule is CC(O)C#CCOc1ccc(S(=O)(=O)N2CC(C)OC(C)(C)C2C(=O)O)cc1. The predicted octanol–water partition coefficient (Wildman–Crippen LogP) is 1.09. The lowest BCUT2D eigenvalue weighted by molar-refractivity contribution is -0.174. The molecule has 0 radical (unpaired) electrons. The van der Waals surface area contributed by atoms with Crippen molar-refractivity contribution in [2.45, 2.75) is 56.4 Å². The second-order valence-electron chi connectivity index (χ2n) is 7.10. The van der Waals surface area contributed by atoms with E-state index >= 15 is 0 Å². The number of hydrogen-bond acceptors (Lipinski definition) is 6. The lowest BCUT2D eigenvalue weighted by Crippen LogP contribution is -2.63. The van der Waals surface area contributed by atoms with Gasteiger partial charge in [-0.3, -0.25) is 4.79 Å². The summed E-state index contributed by atoms with van der Waals surface area (Å²) in [6.45, 7) is 6.35. The summed E-state index contributed by atoms with van der Waals surface area (Å²) in [5.74, 6) is 4.31. The first-order chi connectivity index (χ1) is 12.9. The van der Waals surface area contributed by atoms with Crippen molar-refractivity contribution in [3.63, 3.8) is 0 Å². The topological polar surface area (TPSA) is 113 Å². The Kier molecular flexibility index (Phi) is 6.72. The molecular formula is C19H25NO7S. The number of carboxylic acids is 1. The van der Waals surface area contributed by atoms with Gasteiger partial charge in [0.25, 0.3) is 0 Å². The second kappa shape index (κ2) is 8.49. The largest absolute Gasteiger partial charge is 0.481 e. The fourth-order valence-corrected chi connectivity index (χ4v) is 4.91. The Balaban J connectivity index is 2.25. The van der Waals surface area contributed by atoms with Crippen molar-refractivity contribution in [1.29, 1.82) is 0 Å². The van der Waals surface area contributed by atoms with Gasteiger partial charge in [0, 0.05) is 6.54 Å². The highest BCUT2D eigenvalue weighted by Gasteiger charge is 2.50. The summed E-state index contributed by atoms with van der Waals surface area (Å²) < 4.78 is 38.2. The number of aliphatic carboxylic acids is 1. The van der Waals surface area contributed by atoms with Crippen LogP contribution in [0.5, 0.6) is 5.75 Å². The molecule has 0 saturated carbocycles. The molecule has 9 heteroatoms. The normalized spacial score (nSPS) is 23.3. The van der Waals surface area contributed by atoms with Crippen molar-refractivity contribution in [2.75, 3.05) is 13.2 Å². The number of benzene rings is 1. The third kappa shape index (κ3) is 5.02. The Morgan fingerprint density at radius 1 is 1.39 bits per heavy atom. The molecule has 1 saturated heterocycles. The van der Waals surface area contributed by atoms with Crippen molar-refractivity contribution >= 4 is 16.0 Å². The molecule has 8 nitrogen and oxygen atoms in total. The molecule has 2 N–H and O–H groups in total. The van der Waals surface area contributed by atoms with Gasteiger partial charge in [0.05, 0.1) is 16.6 Å². The van der Waals surface area contributed by atoms with Gasteiger partial charge >= 0.3 is 5.97 Å². The zero-order chi connectivity index (χ0) is 21.1.